The van der Waals surface area contributed by atoms with Crippen molar-refractivity contribution >= 4 is 17.6 Å². The minimum atomic E-state index is -1.15. The molecule has 0 saturated carbocycles. The van der Waals surface area contributed by atoms with E-state index in [1.807, 2.05) is 0 Å². The van der Waals surface area contributed by atoms with E-state index in [1.165, 1.54) is 0 Å². The zero-order valence-electron chi connectivity index (χ0n) is 7.10. The molecule has 0 aromatic heterocycles. The van der Waals surface area contributed by atoms with Crippen LogP contribution in [0.25, 0.3) is 0 Å². The van der Waals surface area contributed by atoms with Crippen molar-refractivity contribution in [2.45, 2.75) is 38.0 Å². The SMILES string of the molecule is CCCCCC(Cl)C(=O)[O-].[K+]. The quantitative estimate of drug-likeness (QED) is 0.292. The summed E-state index contributed by atoms with van der Waals surface area (Å²) in [6, 6.07) is 0. The summed E-state index contributed by atoms with van der Waals surface area (Å²) < 4.78 is 0. The van der Waals surface area contributed by atoms with Crippen molar-refractivity contribution in [3.63, 3.8) is 0 Å². The second kappa shape index (κ2) is 9.48. The summed E-state index contributed by atoms with van der Waals surface area (Å²) in [5.41, 5.74) is 0. The van der Waals surface area contributed by atoms with Gasteiger partial charge in [-0.15, -0.1) is 11.6 Å². The number of halogens is 1. The smallest absolute Gasteiger partial charge is 0.549 e. The number of aliphatic carboxylic acids is 1. The van der Waals surface area contributed by atoms with Crippen LogP contribution in [0.5, 0.6) is 0 Å². The van der Waals surface area contributed by atoms with Gasteiger partial charge in [-0.05, 0) is 6.42 Å². The van der Waals surface area contributed by atoms with E-state index in [-0.39, 0.29) is 51.4 Å². The fraction of sp³-hybridized carbons (Fsp3) is 0.857. The topological polar surface area (TPSA) is 40.1 Å². The summed E-state index contributed by atoms with van der Waals surface area (Å²) in [4.78, 5) is 10.1. The molecule has 0 bridgehead atoms. The Bertz CT molecular complexity index is 109. The van der Waals surface area contributed by atoms with Gasteiger partial charge in [-0.2, -0.15) is 0 Å². The number of carboxylic acids is 1. The van der Waals surface area contributed by atoms with E-state index >= 15 is 0 Å². The van der Waals surface area contributed by atoms with E-state index < -0.39 is 11.3 Å². The molecule has 0 spiro atoms. The van der Waals surface area contributed by atoms with Gasteiger partial charge in [-0.1, -0.05) is 26.2 Å². The molecule has 0 N–H and O–H groups in total. The summed E-state index contributed by atoms with van der Waals surface area (Å²) in [5.74, 6) is -1.15. The Kier molecular flexibility index (Phi) is 12.8. The molecule has 0 aliphatic carbocycles. The zero-order valence-corrected chi connectivity index (χ0v) is 11.0. The molecule has 0 radical (unpaired) electrons. The molecule has 11 heavy (non-hydrogen) atoms. The maximum Gasteiger partial charge on any atom is 1.00 e. The molecule has 0 amide bonds. The van der Waals surface area contributed by atoms with Gasteiger partial charge in [0.05, 0.1) is 11.3 Å². The molecule has 0 rings (SSSR count). The molecule has 0 aromatic carbocycles. The van der Waals surface area contributed by atoms with Crippen molar-refractivity contribution < 1.29 is 61.3 Å². The molecule has 60 valence electrons. The van der Waals surface area contributed by atoms with Crippen molar-refractivity contribution in [2.75, 3.05) is 0 Å². The van der Waals surface area contributed by atoms with Gasteiger partial charge in [0.2, 0.25) is 0 Å². The predicted molar refractivity (Wildman–Crippen MR) is 38.8 cm³/mol. The predicted octanol–water partition coefficient (Wildman–Crippen LogP) is -2.07. The Balaban J connectivity index is 0. The molecule has 1 atom stereocenters. The minimum Gasteiger partial charge on any atom is -0.549 e. The summed E-state index contributed by atoms with van der Waals surface area (Å²) in [6.07, 6.45) is 3.52. The number of hydrogen-bond acceptors (Lipinski definition) is 2. The van der Waals surface area contributed by atoms with Gasteiger partial charge >= 0.3 is 51.4 Å². The first kappa shape index (κ1) is 14.9. The van der Waals surface area contributed by atoms with Crippen LogP contribution in [0.3, 0.4) is 0 Å². The standard InChI is InChI=1S/C7H13ClO2.K/c1-2-3-4-5-6(8)7(9)10;/h6H,2-5H2,1H3,(H,9,10);/q;+1/p-1. The van der Waals surface area contributed by atoms with Crippen molar-refractivity contribution in [1.29, 1.82) is 0 Å². The largest absolute Gasteiger partial charge is 1.00 e. The molecular formula is C7H12ClKO2. The van der Waals surface area contributed by atoms with Gasteiger partial charge in [-0.25, -0.2) is 0 Å². The Morgan fingerprint density at radius 3 is 2.45 bits per heavy atom. The number of rotatable bonds is 5. The maximum absolute atomic E-state index is 10.1. The molecule has 0 fully saturated rings. The number of carbonyl (C=O) groups is 1. The Hall–Kier alpha value is 1.40. The van der Waals surface area contributed by atoms with Crippen LogP contribution in [0, 0.1) is 0 Å². The van der Waals surface area contributed by atoms with Gasteiger partial charge in [0.1, 0.15) is 0 Å². The first-order valence-corrected chi connectivity index (χ1v) is 3.97. The normalized spacial score (nSPS) is 11.8. The van der Waals surface area contributed by atoms with Crippen molar-refractivity contribution in [2.24, 2.45) is 0 Å². The van der Waals surface area contributed by atoms with Crippen LogP contribution < -0.4 is 56.5 Å². The molecule has 4 heteroatoms. The van der Waals surface area contributed by atoms with E-state index in [0.29, 0.717) is 6.42 Å². The third-order valence-corrected chi connectivity index (χ3v) is 1.71. The molecule has 1 unspecified atom stereocenters. The zero-order chi connectivity index (χ0) is 7.98. The first-order valence-electron chi connectivity index (χ1n) is 3.53. The number of carbonyl (C=O) groups excluding carboxylic acids is 1. The molecule has 0 aromatic rings. The second-order valence-electron chi connectivity index (χ2n) is 2.28. The van der Waals surface area contributed by atoms with Gasteiger partial charge in [-0.3, -0.25) is 0 Å². The molecule has 0 heterocycles. The van der Waals surface area contributed by atoms with Crippen LogP contribution in [0.15, 0.2) is 0 Å². The van der Waals surface area contributed by atoms with Crippen molar-refractivity contribution in [3.05, 3.63) is 0 Å². The van der Waals surface area contributed by atoms with Crippen LogP contribution >= 0.6 is 11.6 Å². The second-order valence-corrected chi connectivity index (χ2v) is 2.81. The fourth-order valence-corrected chi connectivity index (χ4v) is 0.846. The van der Waals surface area contributed by atoms with Gasteiger partial charge in [0, 0.05) is 0 Å². The molecule has 2 nitrogen and oxygen atoms in total. The van der Waals surface area contributed by atoms with Gasteiger partial charge < -0.3 is 9.90 Å². The monoisotopic (exact) mass is 202 g/mol. The van der Waals surface area contributed by atoms with Crippen LogP contribution in [0.2, 0.25) is 0 Å². The Morgan fingerprint density at radius 1 is 1.55 bits per heavy atom. The Labute approximate surface area is 115 Å². The molecule has 0 saturated heterocycles. The van der Waals surface area contributed by atoms with Crippen LogP contribution in [0.1, 0.15) is 32.6 Å². The number of hydrogen-bond donors (Lipinski definition) is 0. The van der Waals surface area contributed by atoms with Crippen molar-refractivity contribution in [1.82, 2.24) is 0 Å². The minimum absolute atomic E-state index is 0. The van der Waals surface area contributed by atoms with E-state index in [0.717, 1.165) is 19.3 Å². The van der Waals surface area contributed by atoms with E-state index in [2.05, 4.69) is 6.92 Å². The average Bonchev–Trinajstić information content (AvgIpc) is 1.88. The number of unbranched alkanes of at least 4 members (excludes halogenated alkanes) is 2. The number of alkyl halides is 1. The summed E-state index contributed by atoms with van der Waals surface area (Å²) in [7, 11) is 0. The maximum atomic E-state index is 10.1. The van der Waals surface area contributed by atoms with Crippen molar-refractivity contribution in [3.8, 4) is 0 Å². The van der Waals surface area contributed by atoms with Crippen LogP contribution in [-0.2, 0) is 4.79 Å². The third-order valence-electron chi connectivity index (χ3n) is 1.32. The first-order chi connectivity index (χ1) is 4.68. The van der Waals surface area contributed by atoms with Gasteiger partial charge in [0.25, 0.3) is 0 Å². The van der Waals surface area contributed by atoms with E-state index in [9.17, 15) is 9.90 Å². The number of carboxylic acid groups (broad SMARTS) is 1. The molecule has 0 aliphatic heterocycles. The summed E-state index contributed by atoms with van der Waals surface area (Å²) >= 11 is 5.39. The van der Waals surface area contributed by atoms with E-state index in [4.69, 9.17) is 11.6 Å². The average molecular weight is 203 g/mol. The molecular weight excluding hydrogens is 191 g/mol. The van der Waals surface area contributed by atoms with E-state index in [1.54, 1.807) is 0 Å². The molecule has 0 aliphatic rings. The van der Waals surface area contributed by atoms with Gasteiger partial charge in [0.15, 0.2) is 0 Å². The van der Waals surface area contributed by atoms with Crippen LogP contribution in [-0.4, -0.2) is 11.3 Å². The van der Waals surface area contributed by atoms with Crippen LogP contribution in [0.4, 0.5) is 0 Å². The summed E-state index contributed by atoms with van der Waals surface area (Å²) in [5, 5.41) is 9.25. The fourth-order valence-electron chi connectivity index (χ4n) is 0.691. The third kappa shape index (κ3) is 9.31. The summed E-state index contributed by atoms with van der Waals surface area (Å²) in [6.45, 7) is 2.06. The Morgan fingerprint density at radius 2 is 2.09 bits per heavy atom.